The minimum Gasteiger partial charge on any atom is -0.323 e. The first-order valence-corrected chi connectivity index (χ1v) is 7.63. The lowest BCUT2D eigenvalue weighted by Gasteiger charge is -1.94. The normalized spacial score (nSPS) is 12.6. The number of thiazole rings is 1. The Morgan fingerprint density at radius 3 is 2.83 bits per heavy atom. The van der Waals surface area contributed by atoms with E-state index in [0.29, 0.717) is 21.3 Å². The van der Waals surface area contributed by atoms with Crippen LogP contribution in [0.15, 0.2) is 15.3 Å². The lowest BCUT2D eigenvalue weighted by Crippen LogP contribution is -2.10. The molecule has 18 heavy (non-hydrogen) atoms. The summed E-state index contributed by atoms with van der Waals surface area (Å²) < 4.78 is 25.2. The van der Waals surface area contributed by atoms with Crippen molar-refractivity contribution in [1.82, 2.24) is 19.7 Å². The number of nitrogens with one attached hydrogen (secondary N) is 1. The molecule has 7 nitrogen and oxygen atoms in total. The fraction of sp³-hybridized carbons (Fsp3) is 0.222. The predicted octanol–water partition coefficient (Wildman–Crippen LogP) is 0.275. The van der Waals surface area contributed by atoms with Crippen LogP contribution in [0.2, 0.25) is 0 Å². The van der Waals surface area contributed by atoms with Gasteiger partial charge in [-0.1, -0.05) is 0 Å². The van der Waals surface area contributed by atoms with Gasteiger partial charge in [-0.3, -0.25) is 4.79 Å². The molecule has 0 aliphatic heterocycles. The van der Waals surface area contributed by atoms with Crippen LogP contribution in [0.1, 0.15) is 0 Å². The molecule has 0 saturated carbocycles. The summed E-state index contributed by atoms with van der Waals surface area (Å²) in [6, 6.07) is 0. The first-order chi connectivity index (χ1) is 8.39. The quantitative estimate of drug-likeness (QED) is 0.692. The maximum Gasteiger partial charge on any atom is 0.288 e. The maximum absolute atomic E-state index is 11.7. The highest BCUT2D eigenvalue weighted by Crippen LogP contribution is 2.32. The summed E-state index contributed by atoms with van der Waals surface area (Å²) in [7, 11) is -1.67. The standard InChI is InChI=1S/C9H8N4O3S2/c1-13-5-4(3-10-12-8(5)14)6-7(13)11-9(17-6)18(2,15)16/h3H,1-2H3,(H,12,14). The van der Waals surface area contributed by atoms with Crippen LogP contribution in [-0.4, -0.2) is 34.4 Å². The van der Waals surface area contributed by atoms with Gasteiger partial charge in [0, 0.05) is 18.7 Å². The van der Waals surface area contributed by atoms with Gasteiger partial charge in [-0.15, -0.1) is 11.3 Å². The van der Waals surface area contributed by atoms with Crippen molar-refractivity contribution < 1.29 is 8.42 Å². The van der Waals surface area contributed by atoms with Crippen LogP contribution in [-0.2, 0) is 16.9 Å². The van der Waals surface area contributed by atoms with E-state index in [-0.39, 0.29) is 9.90 Å². The summed E-state index contributed by atoms with van der Waals surface area (Å²) in [4.78, 5) is 15.7. The van der Waals surface area contributed by atoms with E-state index in [1.807, 2.05) is 0 Å². The zero-order valence-corrected chi connectivity index (χ0v) is 11.1. The molecule has 0 atom stereocenters. The van der Waals surface area contributed by atoms with Crippen LogP contribution in [0.5, 0.6) is 0 Å². The number of rotatable bonds is 1. The molecule has 94 valence electrons. The largest absolute Gasteiger partial charge is 0.323 e. The molecule has 9 heteroatoms. The van der Waals surface area contributed by atoms with Gasteiger partial charge in [-0.05, 0) is 0 Å². The Labute approximate surface area is 105 Å². The lowest BCUT2D eigenvalue weighted by atomic mass is 10.4. The second-order valence-electron chi connectivity index (χ2n) is 3.93. The predicted molar refractivity (Wildman–Crippen MR) is 67.6 cm³/mol. The van der Waals surface area contributed by atoms with Crippen molar-refractivity contribution in [3.63, 3.8) is 0 Å². The Kier molecular flexibility index (Phi) is 2.14. The highest BCUT2D eigenvalue weighted by molar-refractivity contribution is 7.92. The molecule has 3 aromatic rings. The SMILES string of the molecule is Cn1c2nc(S(C)(=O)=O)sc2c2cn[nH]c(=O)c21. The number of hydrogen-bond donors (Lipinski definition) is 1. The number of nitrogens with zero attached hydrogens (tertiary/aromatic N) is 3. The number of aromatic nitrogens is 4. The van der Waals surface area contributed by atoms with Crippen LogP contribution in [0, 0.1) is 0 Å². The Morgan fingerprint density at radius 2 is 2.17 bits per heavy atom. The van der Waals surface area contributed by atoms with Gasteiger partial charge < -0.3 is 4.57 Å². The molecular weight excluding hydrogens is 276 g/mol. The molecule has 3 rings (SSSR count). The number of H-pyrrole nitrogens is 1. The van der Waals surface area contributed by atoms with Crippen molar-refractivity contribution in [2.75, 3.05) is 6.26 Å². The Morgan fingerprint density at radius 1 is 1.44 bits per heavy atom. The van der Waals surface area contributed by atoms with Crippen LogP contribution < -0.4 is 5.56 Å². The molecule has 0 bridgehead atoms. The third kappa shape index (κ3) is 1.40. The average Bonchev–Trinajstić information content (AvgIpc) is 2.80. The second-order valence-corrected chi connectivity index (χ2v) is 7.11. The highest BCUT2D eigenvalue weighted by atomic mass is 32.2. The molecule has 1 N–H and O–H groups in total. The number of sulfone groups is 1. The summed E-state index contributed by atoms with van der Waals surface area (Å²) in [6.07, 6.45) is 2.61. The van der Waals surface area contributed by atoms with E-state index in [1.54, 1.807) is 11.6 Å². The van der Waals surface area contributed by atoms with Crippen molar-refractivity contribution >= 4 is 42.4 Å². The second kappa shape index (κ2) is 3.39. The molecule has 0 aliphatic rings. The zero-order chi connectivity index (χ0) is 13.1. The summed E-state index contributed by atoms with van der Waals surface area (Å²) in [5.41, 5.74) is 0.605. The zero-order valence-electron chi connectivity index (χ0n) is 9.46. The number of aromatic amines is 1. The van der Waals surface area contributed by atoms with E-state index < -0.39 is 9.84 Å². The number of fused-ring (bicyclic) bond motifs is 3. The Balaban J connectivity index is 2.56. The highest BCUT2D eigenvalue weighted by Gasteiger charge is 2.20. The average molecular weight is 284 g/mol. The van der Waals surface area contributed by atoms with Gasteiger partial charge in [0.1, 0.15) is 5.52 Å². The van der Waals surface area contributed by atoms with Gasteiger partial charge in [-0.2, -0.15) is 5.10 Å². The smallest absolute Gasteiger partial charge is 0.288 e. The molecule has 0 aromatic carbocycles. The van der Waals surface area contributed by atoms with Gasteiger partial charge in [0.15, 0.2) is 5.65 Å². The fourth-order valence-electron chi connectivity index (χ4n) is 1.85. The van der Waals surface area contributed by atoms with Crippen LogP contribution in [0.4, 0.5) is 0 Å². The van der Waals surface area contributed by atoms with E-state index in [4.69, 9.17) is 0 Å². The summed E-state index contributed by atoms with van der Waals surface area (Å²) in [6.45, 7) is 0. The Bertz CT molecular complexity index is 932. The molecule has 3 heterocycles. The lowest BCUT2D eigenvalue weighted by molar-refractivity contribution is 0.601. The van der Waals surface area contributed by atoms with Crippen LogP contribution in [0.3, 0.4) is 0 Å². The summed E-state index contributed by atoms with van der Waals surface area (Å²) in [5, 5.41) is 6.68. The number of hydrogen-bond acceptors (Lipinski definition) is 6. The molecule has 0 aliphatic carbocycles. The van der Waals surface area contributed by atoms with E-state index in [9.17, 15) is 13.2 Å². The van der Waals surface area contributed by atoms with E-state index in [0.717, 1.165) is 17.6 Å². The van der Waals surface area contributed by atoms with Gasteiger partial charge in [0.25, 0.3) is 5.56 Å². The van der Waals surface area contributed by atoms with Gasteiger partial charge in [0.2, 0.25) is 14.2 Å². The summed E-state index contributed by atoms with van der Waals surface area (Å²) in [5.74, 6) is 0. The van der Waals surface area contributed by atoms with Gasteiger partial charge in [0.05, 0.1) is 10.9 Å². The monoisotopic (exact) mass is 284 g/mol. The first kappa shape index (κ1) is 11.4. The molecule has 3 aromatic heterocycles. The topological polar surface area (TPSA) is 97.7 Å². The van der Waals surface area contributed by atoms with E-state index in [1.165, 1.54) is 6.20 Å². The molecule has 0 saturated heterocycles. The minimum atomic E-state index is -3.34. The molecule has 0 spiro atoms. The van der Waals surface area contributed by atoms with Crippen molar-refractivity contribution in [2.45, 2.75) is 4.34 Å². The van der Waals surface area contributed by atoms with Crippen molar-refractivity contribution in [3.8, 4) is 0 Å². The van der Waals surface area contributed by atoms with Gasteiger partial charge >= 0.3 is 0 Å². The molecule has 0 radical (unpaired) electrons. The van der Waals surface area contributed by atoms with Gasteiger partial charge in [-0.25, -0.2) is 18.5 Å². The van der Waals surface area contributed by atoms with E-state index in [2.05, 4.69) is 15.2 Å². The first-order valence-electron chi connectivity index (χ1n) is 4.92. The van der Waals surface area contributed by atoms with E-state index >= 15 is 0 Å². The third-order valence-electron chi connectivity index (χ3n) is 2.63. The molecule has 0 amide bonds. The van der Waals surface area contributed by atoms with Crippen molar-refractivity contribution in [1.29, 1.82) is 0 Å². The Hall–Kier alpha value is -1.74. The maximum atomic E-state index is 11.7. The summed E-state index contributed by atoms with van der Waals surface area (Å²) >= 11 is 1.05. The number of aryl methyl sites for hydroxylation is 1. The molecule has 0 unspecified atom stereocenters. The van der Waals surface area contributed by atoms with Crippen LogP contribution in [0.25, 0.3) is 21.3 Å². The van der Waals surface area contributed by atoms with Crippen molar-refractivity contribution in [3.05, 3.63) is 16.6 Å². The fourth-order valence-corrected chi connectivity index (χ4v) is 3.80. The van der Waals surface area contributed by atoms with Crippen LogP contribution >= 0.6 is 11.3 Å². The molecule has 0 fully saturated rings. The minimum absolute atomic E-state index is 0.0466. The third-order valence-corrected chi connectivity index (χ3v) is 5.39. The van der Waals surface area contributed by atoms with Crippen molar-refractivity contribution in [2.24, 2.45) is 7.05 Å². The molecular formula is C9H8N4O3S2.